The maximum atomic E-state index is 2.45. The second-order valence-corrected chi connectivity index (χ2v) is 10.6. The number of nitrogens with one attached hydrogen (secondary N) is 1. The standard InChI is InChI=1S/C29H51N.HI/c1-5-6-7-8-9-10-11-12-13-14-15-16-17-18-19-22-25-30-26(2)29(3,4)27-23-20-21-24-28(27)30;/h20-21,23-24,26H,5-19,22,25H2,1-4H3;1H. The molecular formula is C29H52IN. The van der Waals surface area contributed by atoms with Gasteiger partial charge in [0.25, 0.3) is 0 Å². The van der Waals surface area contributed by atoms with E-state index in [1.165, 1.54) is 109 Å². The first-order valence-electron chi connectivity index (χ1n) is 13.5. The van der Waals surface area contributed by atoms with Gasteiger partial charge in [-0.3, -0.25) is 4.90 Å². The summed E-state index contributed by atoms with van der Waals surface area (Å²) in [6.07, 6.45) is 23.2. The van der Waals surface area contributed by atoms with Crippen molar-refractivity contribution in [3.63, 3.8) is 0 Å². The van der Waals surface area contributed by atoms with Crippen molar-refractivity contribution in [1.29, 1.82) is 0 Å². The van der Waals surface area contributed by atoms with E-state index in [1.54, 1.807) is 16.2 Å². The molecule has 0 saturated heterocycles. The van der Waals surface area contributed by atoms with E-state index >= 15 is 0 Å². The maximum Gasteiger partial charge on any atom is 0.135 e. The first-order valence-corrected chi connectivity index (χ1v) is 13.5. The molecule has 1 aromatic carbocycles. The van der Waals surface area contributed by atoms with Crippen LogP contribution in [0.15, 0.2) is 24.3 Å². The fraction of sp³-hybridized carbons (Fsp3) is 0.793. The molecule has 1 nitrogen and oxygen atoms in total. The van der Waals surface area contributed by atoms with Gasteiger partial charge < -0.3 is 24.0 Å². The molecule has 1 N–H and O–H groups in total. The van der Waals surface area contributed by atoms with Crippen LogP contribution in [0, 0.1) is 0 Å². The highest BCUT2D eigenvalue weighted by Gasteiger charge is 2.45. The predicted octanol–water partition coefficient (Wildman–Crippen LogP) is 5.15. The molecule has 31 heavy (non-hydrogen) atoms. The highest BCUT2D eigenvalue weighted by molar-refractivity contribution is 5.48. The fourth-order valence-electron chi connectivity index (χ4n) is 5.44. The normalized spacial score (nSPS) is 19.2. The van der Waals surface area contributed by atoms with Crippen molar-refractivity contribution in [1.82, 2.24) is 0 Å². The summed E-state index contributed by atoms with van der Waals surface area (Å²) in [6, 6.07) is 9.84. The molecule has 1 aliphatic rings. The van der Waals surface area contributed by atoms with E-state index in [9.17, 15) is 0 Å². The topological polar surface area (TPSA) is 4.44 Å². The van der Waals surface area contributed by atoms with Gasteiger partial charge in [-0.25, -0.2) is 0 Å². The first kappa shape index (κ1) is 28.9. The fourth-order valence-corrected chi connectivity index (χ4v) is 5.44. The van der Waals surface area contributed by atoms with Crippen LogP contribution in [-0.2, 0) is 5.41 Å². The third-order valence-electron chi connectivity index (χ3n) is 7.87. The second kappa shape index (κ2) is 16.5. The highest BCUT2D eigenvalue weighted by atomic mass is 127. The SMILES string of the molecule is CCCCCCCCCCCCCCCCCC[NH+]1c2ccccc2C(C)(C)C1C.[I-]. The molecule has 2 unspecified atom stereocenters. The van der Waals surface area contributed by atoms with Gasteiger partial charge in [0.15, 0.2) is 0 Å². The van der Waals surface area contributed by atoms with Gasteiger partial charge in [0.2, 0.25) is 0 Å². The zero-order chi connectivity index (χ0) is 21.7. The van der Waals surface area contributed by atoms with Gasteiger partial charge in [0, 0.05) is 11.0 Å². The molecule has 0 bridgehead atoms. The number of benzene rings is 1. The Labute approximate surface area is 212 Å². The second-order valence-electron chi connectivity index (χ2n) is 10.6. The summed E-state index contributed by atoms with van der Waals surface area (Å²) in [5.74, 6) is 0. The molecule has 2 heteroatoms. The third kappa shape index (κ3) is 9.74. The minimum absolute atomic E-state index is 0. The summed E-state index contributed by atoms with van der Waals surface area (Å²) in [7, 11) is 0. The van der Waals surface area contributed by atoms with E-state index in [-0.39, 0.29) is 24.0 Å². The number of quaternary nitrogens is 1. The lowest BCUT2D eigenvalue weighted by molar-refractivity contribution is -0.856. The van der Waals surface area contributed by atoms with Gasteiger partial charge in [-0.2, -0.15) is 0 Å². The van der Waals surface area contributed by atoms with E-state index in [0.717, 1.165) is 0 Å². The average Bonchev–Trinajstić information content (AvgIpc) is 2.94. The zero-order valence-corrected chi connectivity index (χ0v) is 23.4. The van der Waals surface area contributed by atoms with Crippen molar-refractivity contribution in [3.8, 4) is 0 Å². The Morgan fingerprint density at radius 3 is 1.58 bits per heavy atom. The van der Waals surface area contributed by atoms with E-state index in [1.807, 2.05) is 0 Å². The molecule has 0 spiro atoms. The minimum atomic E-state index is 0. The molecule has 0 amide bonds. The lowest BCUT2D eigenvalue weighted by atomic mass is 9.81. The molecule has 0 fully saturated rings. The van der Waals surface area contributed by atoms with E-state index in [0.29, 0.717) is 11.5 Å². The number of halogens is 1. The third-order valence-corrected chi connectivity index (χ3v) is 7.87. The first-order chi connectivity index (χ1) is 14.6. The van der Waals surface area contributed by atoms with E-state index < -0.39 is 0 Å². The van der Waals surface area contributed by atoms with Crippen LogP contribution in [0.2, 0.25) is 0 Å². The Morgan fingerprint density at radius 2 is 1.10 bits per heavy atom. The molecule has 1 aliphatic heterocycles. The van der Waals surface area contributed by atoms with Gasteiger partial charge in [-0.05, 0) is 39.7 Å². The molecule has 1 heterocycles. The van der Waals surface area contributed by atoms with E-state index in [2.05, 4.69) is 52.0 Å². The highest BCUT2D eigenvalue weighted by Crippen LogP contribution is 2.35. The minimum Gasteiger partial charge on any atom is -1.00 e. The summed E-state index contributed by atoms with van der Waals surface area (Å²) in [5, 5.41) is 0. The molecule has 0 radical (unpaired) electrons. The van der Waals surface area contributed by atoms with Crippen LogP contribution in [0.25, 0.3) is 0 Å². The zero-order valence-electron chi connectivity index (χ0n) is 21.3. The Balaban J connectivity index is 0.00000480. The Kier molecular flexibility index (Phi) is 15.4. The lowest BCUT2D eigenvalue weighted by Crippen LogP contribution is -3.10. The van der Waals surface area contributed by atoms with Crippen LogP contribution in [0.5, 0.6) is 0 Å². The quantitative estimate of drug-likeness (QED) is 0.206. The Hall–Kier alpha value is -0.0900. The van der Waals surface area contributed by atoms with Crippen molar-refractivity contribution < 1.29 is 28.9 Å². The smallest absolute Gasteiger partial charge is 0.135 e. The Bertz CT molecular complexity index is 568. The Morgan fingerprint density at radius 1 is 0.677 bits per heavy atom. The molecule has 2 atom stereocenters. The van der Waals surface area contributed by atoms with Crippen molar-refractivity contribution in [2.75, 3.05) is 6.54 Å². The van der Waals surface area contributed by atoms with Crippen molar-refractivity contribution in [2.45, 2.75) is 142 Å². The van der Waals surface area contributed by atoms with Gasteiger partial charge in [0.1, 0.15) is 5.69 Å². The number of hydrogen-bond donors (Lipinski definition) is 1. The van der Waals surface area contributed by atoms with Gasteiger partial charge in [-0.1, -0.05) is 115 Å². The van der Waals surface area contributed by atoms with Crippen molar-refractivity contribution in [3.05, 3.63) is 29.8 Å². The van der Waals surface area contributed by atoms with Gasteiger partial charge in [0.05, 0.1) is 12.6 Å². The van der Waals surface area contributed by atoms with Crippen LogP contribution in [0.4, 0.5) is 5.69 Å². The molecule has 0 aliphatic carbocycles. The molecule has 0 saturated carbocycles. The number of para-hydroxylation sites is 1. The molecule has 2 rings (SSSR count). The molecule has 0 aromatic heterocycles. The average molecular weight is 542 g/mol. The van der Waals surface area contributed by atoms with Crippen LogP contribution in [0.1, 0.15) is 136 Å². The van der Waals surface area contributed by atoms with Crippen molar-refractivity contribution >= 4 is 5.69 Å². The summed E-state index contributed by atoms with van der Waals surface area (Å²) >= 11 is 0. The molecule has 1 aromatic rings. The molecular weight excluding hydrogens is 489 g/mol. The summed E-state index contributed by atoms with van der Waals surface area (Å²) in [5.41, 5.74) is 3.45. The van der Waals surface area contributed by atoms with Crippen LogP contribution in [0.3, 0.4) is 0 Å². The maximum absolute atomic E-state index is 2.45. The monoisotopic (exact) mass is 541 g/mol. The summed E-state index contributed by atoms with van der Waals surface area (Å²) in [6.45, 7) is 10.9. The van der Waals surface area contributed by atoms with Gasteiger partial charge in [-0.15, -0.1) is 0 Å². The van der Waals surface area contributed by atoms with Crippen LogP contribution in [-0.4, -0.2) is 12.6 Å². The number of hydrogen-bond acceptors (Lipinski definition) is 0. The largest absolute Gasteiger partial charge is 1.00 e. The lowest BCUT2D eigenvalue weighted by Gasteiger charge is -2.26. The number of unbranched alkanes of at least 4 members (excludes halogenated alkanes) is 15. The van der Waals surface area contributed by atoms with Crippen molar-refractivity contribution in [2.24, 2.45) is 0 Å². The summed E-state index contributed by atoms with van der Waals surface area (Å²) in [4.78, 5) is 1.72. The number of rotatable bonds is 17. The van der Waals surface area contributed by atoms with Gasteiger partial charge >= 0.3 is 0 Å². The predicted molar refractivity (Wildman–Crippen MR) is 134 cm³/mol. The molecule has 180 valence electrons. The van der Waals surface area contributed by atoms with Crippen LogP contribution >= 0.6 is 0 Å². The summed E-state index contributed by atoms with van der Waals surface area (Å²) < 4.78 is 0. The number of fused-ring (bicyclic) bond motifs is 1. The van der Waals surface area contributed by atoms with E-state index in [4.69, 9.17) is 0 Å². The van der Waals surface area contributed by atoms with Crippen LogP contribution < -0.4 is 28.9 Å².